The van der Waals surface area contributed by atoms with E-state index < -0.39 is 34.9 Å². The van der Waals surface area contributed by atoms with Crippen LogP contribution in [0.4, 0.5) is 5.69 Å². The third kappa shape index (κ3) is 4.08. The van der Waals surface area contributed by atoms with Crippen LogP contribution in [0.2, 0.25) is 0 Å². The maximum absolute atomic E-state index is 12.4. The topological polar surface area (TPSA) is 142 Å². The van der Waals surface area contributed by atoms with Gasteiger partial charge in [-0.15, -0.1) is 0 Å². The van der Waals surface area contributed by atoms with Gasteiger partial charge >= 0.3 is 11.1 Å². The van der Waals surface area contributed by atoms with Crippen molar-refractivity contribution in [2.24, 2.45) is 0 Å². The summed E-state index contributed by atoms with van der Waals surface area (Å²) in [6.45, 7) is 0.137. The fourth-order valence-corrected chi connectivity index (χ4v) is 3.46. The number of hydrogen-bond acceptors (Lipinski definition) is 5. The number of hydrogen-bond donors (Lipinski definition) is 4. The Morgan fingerprint density at radius 1 is 1.00 bits per heavy atom. The van der Waals surface area contributed by atoms with E-state index in [1.165, 1.54) is 4.57 Å². The number of rotatable bonds is 5. The molecular formula is C21H19N5O5. The second kappa shape index (κ2) is 8.27. The molecule has 0 saturated carbocycles. The third-order valence-electron chi connectivity index (χ3n) is 4.98. The number of carbonyl (C=O) groups is 3. The molecule has 4 rings (SSSR count). The highest BCUT2D eigenvalue weighted by Crippen LogP contribution is 2.18. The molecule has 4 N–H and O–H groups in total. The van der Waals surface area contributed by atoms with Gasteiger partial charge in [-0.05, 0) is 24.3 Å². The second-order valence-electron chi connectivity index (χ2n) is 7.04. The van der Waals surface area contributed by atoms with Crippen LogP contribution in [0.5, 0.6) is 0 Å². The molecule has 0 fully saturated rings. The van der Waals surface area contributed by atoms with E-state index in [0.29, 0.717) is 22.3 Å². The number of aromatic amines is 1. The van der Waals surface area contributed by atoms with Crippen LogP contribution in [0.15, 0.2) is 58.1 Å². The van der Waals surface area contributed by atoms with E-state index in [9.17, 15) is 24.0 Å². The molecule has 1 aliphatic rings. The van der Waals surface area contributed by atoms with Crippen LogP contribution in [-0.4, -0.2) is 39.9 Å². The fourth-order valence-electron chi connectivity index (χ4n) is 3.46. The van der Waals surface area contributed by atoms with Crippen molar-refractivity contribution in [3.8, 4) is 0 Å². The molecule has 1 atom stereocenters. The monoisotopic (exact) mass is 421 g/mol. The van der Waals surface area contributed by atoms with Crippen molar-refractivity contribution in [2.45, 2.75) is 19.0 Å². The fraction of sp³-hybridized carbons (Fsp3) is 0.190. The summed E-state index contributed by atoms with van der Waals surface area (Å²) in [5.41, 5.74) is 0.279. The molecule has 1 aliphatic heterocycles. The van der Waals surface area contributed by atoms with Gasteiger partial charge in [-0.2, -0.15) is 0 Å². The number of anilines is 1. The van der Waals surface area contributed by atoms with Crippen LogP contribution in [0.3, 0.4) is 0 Å². The standard InChI is InChI=1S/C21H19N5O5/c27-17(11-15-19(29)23-13-6-2-1-5-12(13)18(28)25-15)22-9-10-26-16-8-4-3-7-14(16)24-20(30)21(26)31/h1-8,15H,9-11H2,(H,22,27)(H,23,29)(H,24,30)(H,25,28). The highest BCUT2D eigenvalue weighted by Gasteiger charge is 2.29. The molecule has 10 nitrogen and oxygen atoms in total. The SMILES string of the molecule is O=C(CC1NC(=O)c2ccccc2NC1=O)NCCn1c(=O)c(=O)[nH]c2ccccc21. The second-order valence-corrected chi connectivity index (χ2v) is 7.04. The van der Waals surface area contributed by atoms with E-state index in [0.717, 1.165) is 0 Å². The number of nitrogens with one attached hydrogen (secondary N) is 4. The first-order valence-electron chi connectivity index (χ1n) is 9.63. The van der Waals surface area contributed by atoms with Crippen molar-refractivity contribution in [3.05, 3.63) is 74.8 Å². The van der Waals surface area contributed by atoms with Crippen molar-refractivity contribution < 1.29 is 14.4 Å². The molecule has 3 amide bonds. The van der Waals surface area contributed by atoms with Crippen LogP contribution in [0, 0.1) is 0 Å². The number of carbonyl (C=O) groups excluding carboxylic acids is 3. The summed E-state index contributed by atoms with van der Waals surface area (Å²) >= 11 is 0. The van der Waals surface area contributed by atoms with Crippen molar-refractivity contribution in [1.29, 1.82) is 0 Å². The molecule has 10 heteroatoms. The number of amides is 3. The Balaban J connectivity index is 1.41. The van der Waals surface area contributed by atoms with Gasteiger partial charge in [0.15, 0.2) is 0 Å². The predicted molar refractivity (Wildman–Crippen MR) is 113 cm³/mol. The molecule has 31 heavy (non-hydrogen) atoms. The van der Waals surface area contributed by atoms with Gasteiger partial charge < -0.3 is 25.5 Å². The zero-order valence-electron chi connectivity index (χ0n) is 16.3. The zero-order valence-corrected chi connectivity index (χ0v) is 16.3. The minimum atomic E-state index is -1.04. The molecule has 0 spiro atoms. The predicted octanol–water partition coefficient (Wildman–Crippen LogP) is -0.0532. The van der Waals surface area contributed by atoms with Crippen molar-refractivity contribution >= 4 is 34.4 Å². The number of H-pyrrole nitrogens is 1. The van der Waals surface area contributed by atoms with E-state index >= 15 is 0 Å². The quantitative estimate of drug-likeness (QED) is 0.427. The molecular weight excluding hydrogens is 402 g/mol. The first kappa shape index (κ1) is 20.1. The van der Waals surface area contributed by atoms with Crippen molar-refractivity contribution in [1.82, 2.24) is 20.2 Å². The summed E-state index contributed by atoms with van der Waals surface area (Å²) in [4.78, 5) is 63.6. The Bertz CT molecular complexity index is 1310. The van der Waals surface area contributed by atoms with E-state index in [-0.39, 0.29) is 19.5 Å². The molecule has 3 aromatic rings. The lowest BCUT2D eigenvalue weighted by molar-refractivity contribution is -0.125. The molecule has 0 bridgehead atoms. The summed E-state index contributed by atoms with van der Waals surface area (Å²) in [6, 6.07) is 12.4. The van der Waals surface area contributed by atoms with E-state index in [2.05, 4.69) is 20.9 Å². The Morgan fingerprint density at radius 2 is 1.74 bits per heavy atom. The average Bonchev–Trinajstić information content (AvgIpc) is 2.87. The summed E-state index contributed by atoms with van der Waals surface area (Å²) in [6.07, 6.45) is -0.267. The molecule has 1 aromatic heterocycles. The number of nitrogens with zero attached hydrogens (tertiary/aromatic N) is 1. The van der Waals surface area contributed by atoms with Gasteiger partial charge in [0, 0.05) is 13.1 Å². The highest BCUT2D eigenvalue weighted by atomic mass is 16.2. The Hall–Kier alpha value is -4.21. The van der Waals surface area contributed by atoms with Gasteiger partial charge in [0.25, 0.3) is 5.91 Å². The summed E-state index contributed by atoms with van der Waals surface area (Å²) in [5, 5.41) is 7.81. The molecule has 2 heterocycles. The summed E-state index contributed by atoms with van der Waals surface area (Å²) < 4.78 is 1.28. The van der Waals surface area contributed by atoms with E-state index in [1.807, 2.05) is 0 Å². The van der Waals surface area contributed by atoms with Crippen LogP contribution < -0.4 is 27.1 Å². The number of benzene rings is 2. The van der Waals surface area contributed by atoms with Crippen LogP contribution >= 0.6 is 0 Å². The number of aromatic nitrogens is 2. The van der Waals surface area contributed by atoms with Crippen molar-refractivity contribution in [3.63, 3.8) is 0 Å². The van der Waals surface area contributed by atoms with Crippen LogP contribution in [0.1, 0.15) is 16.8 Å². The molecule has 1 unspecified atom stereocenters. The smallest absolute Gasteiger partial charge is 0.316 e. The maximum atomic E-state index is 12.4. The van der Waals surface area contributed by atoms with Crippen molar-refractivity contribution in [2.75, 3.05) is 11.9 Å². The number of para-hydroxylation sites is 3. The Labute approximate surface area is 175 Å². The lowest BCUT2D eigenvalue weighted by Gasteiger charge is -2.15. The highest BCUT2D eigenvalue weighted by molar-refractivity contribution is 6.10. The van der Waals surface area contributed by atoms with Gasteiger partial charge in [0.2, 0.25) is 11.8 Å². The first-order valence-corrected chi connectivity index (χ1v) is 9.63. The maximum Gasteiger partial charge on any atom is 0.316 e. The van der Waals surface area contributed by atoms with Gasteiger partial charge in [0.05, 0.1) is 28.7 Å². The zero-order chi connectivity index (χ0) is 22.0. The van der Waals surface area contributed by atoms with E-state index in [1.54, 1.807) is 48.5 Å². The number of fused-ring (bicyclic) bond motifs is 2. The normalized spacial score (nSPS) is 15.5. The lowest BCUT2D eigenvalue weighted by atomic mass is 10.1. The first-order chi connectivity index (χ1) is 14.9. The minimum absolute atomic E-state index is 0.0642. The average molecular weight is 421 g/mol. The van der Waals surface area contributed by atoms with Gasteiger partial charge in [-0.1, -0.05) is 24.3 Å². The molecule has 0 saturated heterocycles. The molecule has 158 valence electrons. The summed E-state index contributed by atoms with van der Waals surface area (Å²) in [7, 11) is 0. The third-order valence-corrected chi connectivity index (χ3v) is 4.98. The van der Waals surface area contributed by atoms with Gasteiger partial charge in [-0.25, -0.2) is 0 Å². The molecule has 2 aromatic carbocycles. The minimum Gasteiger partial charge on any atom is -0.354 e. The summed E-state index contributed by atoms with van der Waals surface area (Å²) in [5.74, 6) is -1.42. The molecule has 0 aliphatic carbocycles. The van der Waals surface area contributed by atoms with Crippen LogP contribution in [-0.2, 0) is 16.1 Å². The largest absolute Gasteiger partial charge is 0.354 e. The van der Waals surface area contributed by atoms with Crippen LogP contribution in [0.25, 0.3) is 11.0 Å². The lowest BCUT2D eigenvalue weighted by Crippen LogP contribution is -2.45. The molecule has 0 radical (unpaired) electrons. The van der Waals surface area contributed by atoms with E-state index in [4.69, 9.17) is 0 Å². The Kier molecular flexibility index (Phi) is 5.35. The Morgan fingerprint density at radius 3 is 2.58 bits per heavy atom. The van der Waals surface area contributed by atoms with Gasteiger partial charge in [-0.3, -0.25) is 24.0 Å². The van der Waals surface area contributed by atoms with Gasteiger partial charge in [0.1, 0.15) is 6.04 Å².